The van der Waals surface area contributed by atoms with Gasteiger partial charge in [-0.05, 0) is 12.3 Å². The van der Waals surface area contributed by atoms with Crippen molar-refractivity contribution in [2.45, 2.75) is 39.5 Å². The van der Waals surface area contributed by atoms with Gasteiger partial charge >= 0.3 is 21.7 Å². The Bertz CT molecular complexity index is 65.3. The predicted molar refractivity (Wildman–Crippen MR) is 40.4 cm³/mol. The Morgan fingerprint density at radius 2 is 1.43 bits per heavy atom. The van der Waals surface area contributed by atoms with E-state index in [1.807, 2.05) is 0 Å². The SMILES string of the molecule is CCCCC(CC)CO.[Cl-].[Cl-].[Cl-].[Cl-].[Ti+4]. The summed E-state index contributed by atoms with van der Waals surface area (Å²) in [4.78, 5) is 0. The van der Waals surface area contributed by atoms with Gasteiger partial charge in [0, 0.05) is 6.61 Å². The molecule has 0 aliphatic rings. The van der Waals surface area contributed by atoms with Crippen LogP contribution >= 0.6 is 0 Å². The van der Waals surface area contributed by atoms with Crippen molar-refractivity contribution in [2.24, 2.45) is 5.92 Å². The van der Waals surface area contributed by atoms with E-state index in [0.717, 1.165) is 6.42 Å². The van der Waals surface area contributed by atoms with E-state index in [9.17, 15) is 0 Å². The maximum absolute atomic E-state index is 8.75. The van der Waals surface area contributed by atoms with Gasteiger partial charge in [0.05, 0.1) is 0 Å². The minimum absolute atomic E-state index is 0. The van der Waals surface area contributed by atoms with Gasteiger partial charge in [-0.1, -0.05) is 33.1 Å². The van der Waals surface area contributed by atoms with Crippen LogP contribution in [0.15, 0.2) is 0 Å². The van der Waals surface area contributed by atoms with Crippen LogP contribution in [0.25, 0.3) is 0 Å². The van der Waals surface area contributed by atoms with E-state index < -0.39 is 0 Å². The van der Waals surface area contributed by atoms with E-state index in [0.29, 0.717) is 12.5 Å². The second-order valence-electron chi connectivity index (χ2n) is 2.60. The summed E-state index contributed by atoms with van der Waals surface area (Å²) >= 11 is 0. The topological polar surface area (TPSA) is 20.2 Å². The van der Waals surface area contributed by atoms with Crippen molar-refractivity contribution in [3.8, 4) is 0 Å². The first-order valence-corrected chi connectivity index (χ1v) is 3.96. The van der Waals surface area contributed by atoms with Crippen LogP contribution in [0.1, 0.15) is 39.5 Å². The van der Waals surface area contributed by atoms with Crippen molar-refractivity contribution in [1.82, 2.24) is 0 Å². The van der Waals surface area contributed by atoms with Crippen molar-refractivity contribution < 1.29 is 76.5 Å². The van der Waals surface area contributed by atoms with Gasteiger partial charge < -0.3 is 54.7 Å². The van der Waals surface area contributed by atoms with Gasteiger partial charge in [-0.2, -0.15) is 0 Å². The molecule has 0 aliphatic heterocycles. The number of aliphatic hydroxyl groups excluding tert-OH is 1. The Labute approximate surface area is 128 Å². The Hall–Kier alpha value is 1.83. The fraction of sp³-hybridized carbons (Fsp3) is 1.00. The molecule has 6 heteroatoms. The Morgan fingerprint density at radius 1 is 1.00 bits per heavy atom. The van der Waals surface area contributed by atoms with Gasteiger partial charge in [-0.15, -0.1) is 0 Å². The van der Waals surface area contributed by atoms with Gasteiger partial charge in [0.2, 0.25) is 0 Å². The Morgan fingerprint density at radius 3 is 1.64 bits per heavy atom. The van der Waals surface area contributed by atoms with Gasteiger partial charge in [-0.25, -0.2) is 0 Å². The maximum atomic E-state index is 8.75. The third kappa shape index (κ3) is 23.6. The molecule has 0 aromatic heterocycles. The first-order chi connectivity index (χ1) is 4.35. The van der Waals surface area contributed by atoms with Gasteiger partial charge in [-0.3, -0.25) is 0 Å². The van der Waals surface area contributed by atoms with Crippen molar-refractivity contribution in [3.05, 3.63) is 0 Å². The summed E-state index contributed by atoms with van der Waals surface area (Å²) in [6, 6.07) is 0. The van der Waals surface area contributed by atoms with Crippen molar-refractivity contribution >= 4 is 0 Å². The van der Waals surface area contributed by atoms with Crippen LogP contribution in [-0.4, -0.2) is 11.7 Å². The number of unbranched alkanes of at least 4 members (excludes halogenated alkanes) is 1. The summed E-state index contributed by atoms with van der Waals surface area (Å²) in [5.41, 5.74) is 0. The zero-order chi connectivity index (χ0) is 7.11. The van der Waals surface area contributed by atoms with Crippen LogP contribution in [0.2, 0.25) is 0 Å². The summed E-state index contributed by atoms with van der Waals surface area (Å²) in [6.45, 7) is 4.69. The molecule has 14 heavy (non-hydrogen) atoms. The van der Waals surface area contributed by atoms with Crippen LogP contribution in [0.3, 0.4) is 0 Å². The molecule has 1 N–H and O–H groups in total. The average Bonchev–Trinajstić information content (AvgIpc) is 1.91. The molecule has 1 atom stereocenters. The summed E-state index contributed by atoms with van der Waals surface area (Å²) < 4.78 is 0. The number of aliphatic hydroxyl groups is 1. The van der Waals surface area contributed by atoms with Gasteiger partial charge in [0.25, 0.3) is 0 Å². The molecule has 0 amide bonds. The fourth-order valence-electron chi connectivity index (χ4n) is 0.917. The quantitative estimate of drug-likeness (QED) is 0.499. The molecule has 0 heterocycles. The summed E-state index contributed by atoms with van der Waals surface area (Å²) in [5.74, 6) is 0.560. The summed E-state index contributed by atoms with van der Waals surface area (Å²) in [7, 11) is 0. The number of rotatable bonds is 5. The number of hydrogen-bond donors (Lipinski definition) is 1. The van der Waals surface area contributed by atoms with Crippen LogP contribution in [0.5, 0.6) is 0 Å². The molecule has 1 unspecified atom stereocenters. The van der Waals surface area contributed by atoms with Gasteiger partial charge in [0.15, 0.2) is 0 Å². The molecule has 1 nitrogen and oxygen atoms in total. The third-order valence-electron chi connectivity index (χ3n) is 1.80. The van der Waals surface area contributed by atoms with Crippen LogP contribution in [0, 0.1) is 5.92 Å². The largest absolute Gasteiger partial charge is 4.00 e. The molecule has 0 fully saturated rings. The second-order valence-corrected chi connectivity index (χ2v) is 2.60. The minimum atomic E-state index is 0. The summed E-state index contributed by atoms with van der Waals surface area (Å²) in [5, 5.41) is 8.75. The molecule has 0 radical (unpaired) electrons. The van der Waals surface area contributed by atoms with Crippen molar-refractivity contribution in [2.75, 3.05) is 6.61 Å². The molecule has 0 aromatic carbocycles. The zero-order valence-electron chi connectivity index (χ0n) is 8.57. The second kappa shape index (κ2) is 29.4. The normalized spacial score (nSPS) is 8.79. The van der Waals surface area contributed by atoms with E-state index in [2.05, 4.69) is 13.8 Å². The van der Waals surface area contributed by atoms with E-state index in [1.54, 1.807) is 0 Å². The molecule has 0 rings (SSSR count). The number of halogens is 4. The van der Waals surface area contributed by atoms with E-state index >= 15 is 0 Å². The van der Waals surface area contributed by atoms with E-state index in [1.165, 1.54) is 19.3 Å². The summed E-state index contributed by atoms with van der Waals surface area (Å²) in [6.07, 6.45) is 4.83. The molecule has 0 aliphatic carbocycles. The zero-order valence-corrected chi connectivity index (χ0v) is 13.2. The smallest absolute Gasteiger partial charge is 1.00 e. The van der Waals surface area contributed by atoms with Crippen LogP contribution < -0.4 is 49.6 Å². The standard InChI is InChI=1S/C8H18O.4ClH.Ti/c1-3-5-6-8(4-2)7-9;;;;;/h8-9H,3-7H2,1-2H3;4*1H;/q;;;;;+4/p-4. The fourth-order valence-corrected chi connectivity index (χ4v) is 0.917. The molecular weight excluding hydrogens is 302 g/mol. The molecule has 88 valence electrons. The van der Waals surface area contributed by atoms with Crippen molar-refractivity contribution in [1.29, 1.82) is 0 Å². The van der Waals surface area contributed by atoms with Crippen LogP contribution in [0.4, 0.5) is 0 Å². The molecule has 0 bridgehead atoms. The van der Waals surface area contributed by atoms with Crippen molar-refractivity contribution in [3.63, 3.8) is 0 Å². The average molecular weight is 320 g/mol. The van der Waals surface area contributed by atoms with E-state index in [4.69, 9.17) is 5.11 Å². The first kappa shape index (κ1) is 36.0. The monoisotopic (exact) mass is 318 g/mol. The predicted octanol–water partition coefficient (Wildman–Crippen LogP) is -9.79. The van der Waals surface area contributed by atoms with Crippen LogP contribution in [-0.2, 0) is 21.7 Å². The minimum Gasteiger partial charge on any atom is -1.00 e. The molecule has 0 aromatic rings. The third-order valence-corrected chi connectivity index (χ3v) is 1.80. The first-order valence-electron chi connectivity index (χ1n) is 3.96. The molecule has 0 saturated heterocycles. The Balaban J connectivity index is -0.0000000320. The molecular formula is C8H18Cl4OTi. The Kier molecular flexibility index (Phi) is 75.5. The van der Waals surface area contributed by atoms with E-state index in [-0.39, 0.29) is 71.3 Å². The molecule has 0 spiro atoms. The number of hydrogen-bond acceptors (Lipinski definition) is 1. The molecule has 0 saturated carbocycles. The maximum Gasteiger partial charge on any atom is 4.00 e. The van der Waals surface area contributed by atoms with Gasteiger partial charge in [0.1, 0.15) is 0 Å².